The third kappa shape index (κ3) is 5.02. The number of amides is 1. The van der Waals surface area contributed by atoms with Gasteiger partial charge in [0.05, 0.1) is 5.57 Å². The van der Waals surface area contributed by atoms with Gasteiger partial charge in [0.1, 0.15) is 0 Å². The van der Waals surface area contributed by atoms with Crippen molar-refractivity contribution in [3.05, 3.63) is 36.1 Å². The second-order valence-corrected chi connectivity index (χ2v) is 2.94. The molecule has 0 aromatic carbocycles. The molecule has 4 N–H and O–H groups in total. The van der Waals surface area contributed by atoms with Gasteiger partial charge < -0.3 is 5.32 Å². The van der Waals surface area contributed by atoms with Gasteiger partial charge in [-0.15, -0.1) is 0 Å². The van der Waals surface area contributed by atoms with Crippen molar-refractivity contribution < 1.29 is 4.79 Å². The van der Waals surface area contributed by atoms with Crippen molar-refractivity contribution in [1.29, 1.82) is 0 Å². The Hall–Kier alpha value is -1.55. The van der Waals surface area contributed by atoms with Crippen LogP contribution in [0.25, 0.3) is 0 Å². The second kappa shape index (κ2) is 7.82. The third-order valence-corrected chi connectivity index (χ3v) is 1.86. The molecule has 0 aliphatic heterocycles. The van der Waals surface area contributed by atoms with Crippen molar-refractivity contribution in [3.8, 4) is 0 Å². The van der Waals surface area contributed by atoms with Crippen LogP contribution in [-0.2, 0) is 4.79 Å². The van der Waals surface area contributed by atoms with E-state index in [2.05, 4.69) is 24.2 Å². The van der Waals surface area contributed by atoms with Gasteiger partial charge in [0.2, 0.25) is 0 Å². The summed E-state index contributed by atoms with van der Waals surface area (Å²) in [4.78, 5) is 11.3. The molecule has 0 radical (unpaired) electrons. The Labute approximate surface area is 90.9 Å². The fourth-order valence-electron chi connectivity index (χ4n) is 1.01. The summed E-state index contributed by atoms with van der Waals surface area (Å²) in [6.07, 6.45) is 7.49. The highest BCUT2D eigenvalue weighted by Crippen LogP contribution is 2.06. The Kier molecular flexibility index (Phi) is 7.01. The summed E-state index contributed by atoms with van der Waals surface area (Å²) in [7, 11) is 1.71. The minimum atomic E-state index is -0.334. The summed E-state index contributed by atoms with van der Waals surface area (Å²) in [5, 5.41) is 2.82. The summed E-state index contributed by atoms with van der Waals surface area (Å²) in [5.41, 5.74) is 3.12. The number of allylic oxidation sites excluding steroid dienone is 3. The number of likely N-dealkylation sites (N-methyl/N-ethyl adjacent to an activating group) is 1. The van der Waals surface area contributed by atoms with Crippen LogP contribution in [0.4, 0.5) is 0 Å². The number of hydrogen-bond donors (Lipinski definition) is 3. The lowest BCUT2D eigenvalue weighted by atomic mass is 10.1. The van der Waals surface area contributed by atoms with Crippen molar-refractivity contribution in [1.82, 2.24) is 10.7 Å². The molecule has 0 saturated carbocycles. The van der Waals surface area contributed by atoms with E-state index < -0.39 is 0 Å². The van der Waals surface area contributed by atoms with E-state index in [1.807, 2.05) is 12.2 Å². The van der Waals surface area contributed by atoms with E-state index in [1.54, 1.807) is 13.1 Å². The molecule has 4 nitrogen and oxygen atoms in total. The molecule has 0 saturated heterocycles. The number of hydrazine groups is 1. The molecule has 0 heterocycles. The second-order valence-electron chi connectivity index (χ2n) is 2.94. The molecule has 84 valence electrons. The van der Waals surface area contributed by atoms with Gasteiger partial charge in [0.25, 0.3) is 5.91 Å². The maximum absolute atomic E-state index is 11.3. The number of rotatable bonds is 6. The predicted octanol–water partition coefficient (Wildman–Crippen LogP) is 0.992. The quantitative estimate of drug-likeness (QED) is 0.153. The predicted molar refractivity (Wildman–Crippen MR) is 62.7 cm³/mol. The Morgan fingerprint density at radius 2 is 2.13 bits per heavy atom. The summed E-state index contributed by atoms with van der Waals surface area (Å²) in [5.74, 6) is 4.73. The van der Waals surface area contributed by atoms with E-state index in [1.165, 1.54) is 0 Å². The van der Waals surface area contributed by atoms with Gasteiger partial charge in [-0.25, -0.2) is 5.84 Å². The van der Waals surface area contributed by atoms with Crippen molar-refractivity contribution in [2.75, 3.05) is 7.05 Å². The lowest BCUT2D eigenvalue weighted by molar-refractivity contribution is -0.117. The molecule has 0 fully saturated rings. The fraction of sp³-hybridized carbons (Fsp3) is 0.364. The van der Waals surface area contributed by atoms with Gasteiger partial charge in [-0.1, -0.05) is 31.7 Å². The van der Waals surface area contributed by atoms with Crippen LogP contribution in [0.2, 0.25) is 0 Å². The first-order valence-electron chi connectivity index (χ1n) is 4.90. The van der Waals surface area contributed by atoms with E-state index in [4.69, 9.17) is 5.84 Å². The largest absolute Gasteiger partial charge is 0.388 e. The maximum Gasteiger partial charge on any atom is 0.266 e. The number of carbonyl (C=O) groups is 1. The van der Waals surface area contributed by atoms with Gasteiger partial charge in [-0.3, -0.25) is 10.2 Å². The van der Waals surface area contributed by atoms with Crippen LogP contribution in [0, 0.1) is 0 Å². The van der Waals surface area contributed by atoms with Crippen LogP contribution < -0.4 is 16.6 Å². The van der Waals surface area contributed by atoms with Gasteiger partial charge in [-0.2, -0.15) is 0 Å². The van der Waals surface area contributed by atoms with Crippen LogP contribution in [0.15, 0.2) is 36.1 Å². The van der Waals surface area contributed by atoms with Gasteiger partial charge >= 0.3 is 0 Å². The number of carbonyl (C=O) groups excluding carboxylic acids is 1. The van der Waals surface area contributed by atoms with Gasteiger partial charge in [0.15, 0.2) is 0 Å². The van der Waals surface area contributed by atoms with Crippen molar-refractivity contribution in [3.63, 3.8) is 0 Å². The van der Waals surface area contributed by atoms with Crippen LogP contribution in [0.3, 0.4) is 0 Å². The normalized spacial score (nSPS) is 11.5. The molecule has 4 heteroatoms. The maximum atomic E-state index is 11.3. The molecule has 0 aliphatic carbocycles. The molecule has 0 aromatic rings. The zero-order valence-corrected chi connectivity index (χ0v) is 9.34. The minimum absolute atomic E-state index is 0.334. The molecule has 0 spiro atoms. The van der Waals surface area contributed by atoms with Crippen LogP contribution in [0.1, 0.15) is 19.8 Å². The van der Waals surface area contributed by atoms with E-state index >= 15 is 0 Å². The van der Waals surface area contributed by atoms with E-state index in [0.29, 0.717) is 17.7 Å². The first-order valence-corrected chi connectivity index (χ1v) is 4.90. The SMILES string of the molecule is C=C(NC)/C(=C\C/C=C\CC)C(=O)NN. The van der Waals surface area contributed by atoms with Gasteiger partial charge in [0, 0.05) is 12.7 Å². The third-order valence-electron chi connectivity index (χ3n) is 1.86. The average molecular weight is 209 g/mol. The average Bonchev–Trinajstić information content (AvgIpc) is 2.27. The molecule has 0 aliphatic rings. The first kappa shape index (κ1) is 13.4. The van der Waals surface area contributed by atoms with Crippen molar-refractivity contribution >= 4 is 5.91 Å². The summed E-state index contributed by atoms with van der Waals surface area (Å²) < 4.78 is 0. The van der Waals surface area contributed by atoms with Crippen LogP contribution in [0.5, 0.6) is 0 Å². The molecule has 1 amide bonds. The lowest BCUT2D eigenvalue weighted by Gasteiger charge is -2.08. The molecule has 15 heavy (non-hydrogen) atoms. The van der Waals surface area contributed by atoms with E-state index in [9.17, 15) is 4.79 Å². The highest BCUT2D eigenvalue weighted by atomic mass is 16.2. The van der Waals surface area contributed by atoms with Gasteiger partial charge in [-0.05, 0) is 12.8 Å². The Balaban J connectivity index is 4.55. The fourth-order valence-corrected chi connectivity index (χ4v) is 1.01. The first-order chi connectivity index (χ1) is 7.17. The number of hydrogen-bond acceptors (Lipinski definition) is 3. The Bertz CT molecular complexity index is 262. The number of nitrogens with one attached hydrogen (secondary N) is 2. The molecule has 0 unspecified atom stereocenters. The molecule has 0 aromatic heterocycles. The lowest BCUT2D eigenvalue weighted by Crippen LogP contribution is -2.33. The molecule has 0 bridgehead atoms. The van der Waals surface area contributed by atoms with Crippen molar-refractivity contribution in [2.45, 2.75) is 19.8 Å². The smallest absolute Gasteiger partial charge is 0.266 e. The minimum Gasteiger partial charge on any atom is -0.388 e. The molecular weight excluding hydrogens is 190 g/mol. The zero-order chi connectivity index (χ0) is 11.7. The standard InChI is InChI=1S/C11H19N3O/c1-4-5-6-7-8-10(9(2)13-3)11(15)14-12/h5-6,8,13H,2,4,7,12H2,1,3H3,(H,14,15)/b6-5-,10-8+. The Morgan fingerprint density at radius 3 is 2.60 bits per heavy atom. The highest BCUT2D eigenvalue weighted by molar-refractivity contribution is 5.96. The van der Waals surface area contributed by atoms with E-state index in [-0.39, 0.29) is 5.91 Å². The topological polar surface area (TPSA) is 67.2 Å². The number of nitrogens with two attached hydrogens (primary N) is 1. The summed E-state index contributed by atoms with van der Waals surface area (Å²) in [6, 6.07) is 0. The summed E-state index contributed by atoms with van der Waals surface area (Å²) in [6.45, 7) is 5.78. The van der Waals surface area contributed by atoms with E-state index in [0.717, 1.165) is 6.42 Å². The van der Waals surface area contributed by atoms with Crippen LogP contribution >= 0.6 is 0 Å². The highest BCUT2D eigenvalue weighted by Gasteiger charge is 2.09. The summed E-state index contributed by atoms with van der Waals surface area (Å²) >= 11 is 0. The monoisotopic (exact) mass is 209 g/mol. The Morgan fingerprint density at radius 1 is 1.47 bits per heavy atom. The zero-order valence-electron chi connectivity index (χ0n) is 9.34. The molecule has 0 atom stereocenters. The van der Waals surface area contributed by atoms with Crippen molar-refractivity contribution in [2.24, 2.45) is 5.84 Å². The molecular formula is C11H19N3O. The molecule has 0 rings (SSSR count). The van der Waals surface area contributed by atoms with Crippen LogP contribution in [-0.4, -0.2) is 13.0 Å².